The van der Waals surface area contributed by atoms with E-state index < -0.39 is 15.9 Å². The topological polar surface area (TPSA) is 84.5 Å². The van der Waals surface area contributed by atoms with Gasteiger partial charge < -0.3 is 10.1 Å². The SMILES string of the molecule is COc1ccc(C(=O)NCc2ccccc2Cl)cc1S(=O)(=O)Nc1ccc(C)cc1. The van der Waals surface area contributed by atoms with Gasteiger partial charge in [0.2, 0.25) is 0 Å². The van der Waals surface area contributed by atoms with Crippen LogP contribution in [0.25, 0.3) is 0 Å². The van der Waals surface area contributed by atoms with E-state index >= 15 is 0 Å². The first-order valence-corrected chi connectivity index (χ1v) is 11.0. The average molecular weight is 445 g/mol. The van der Waals surface area contributed by atoms with E-state index in [1.165, 1.54) is 25.3 Å². The molecule has 0 spiro atoms. The van der Waals surface area contributed by atoms with E-state index in [0.29, 0.717) is 10.7 Å². The number of methoxy groups -OCH3 is 1. The van der Waals surface area contributed by atoms with Gasteiger partial charge in [0.05, 0.1) is 7.11 Å². The van der Waals surface area contributed by atoms with Gasteiger partial charge in [0, 0.05) is 22.8 Å². The molecule has 3 rings (SSSR count). The Morgan fingerprint density at radius 1 is 1.03 bits per heavy atom. The minimum atomic E-state index is -3.97. The second-order valence-electron chi connectivity index (χ2n) is 6.61. The highest BCUT2D eigenvalue weighted by atomic mass is 35.5. The van der Waals surface area contributed by atoms with Gasteiger partial charge in [-0.3, -0.25) is 9.52 Å². The van der Waals surface area contributed by atoms with E-state index in [2.05, 4.69) is 10.0 Å². The Balaban J connectivity index is 1.84. The Labute approximate surface area is 180 Å². The number of anilines is 1. The van der Waals surface area contributed by atoms with Gasteiger partial charge in [-0.2, -0.15) is 0 Å². The summed E-state index contributed by atoms with van der Waals surface area (Å²) in [4.78, 5) is 12.5. The van der Waals surface area contributed by atoms with Gasteiger partial charge in [0.25, 0.3) is 15.9 Å². The van der Waals surface area contributed by atoms with Crippen molar-refractivity contribution in [1.82, 2.24) is 5.32 Å². The summed E-state index contributed by atoms with van der Waals surface area (Å²) in [7, 11) is -2.60. The summed E-state index contributed by atoms with van der Waals surface area (Å²) in [6.07, 6.45) is 0. The second-order valence-corrected chi connectivity index (χ2v) is 8.67. The van der Waals surface area contributed by atoms with Crippen molar-refractivity contribution in [3.63, 3.8) is 0 Å². The zero-order valence-corrected chi connectivity index (χ0v) is 18.0. The molecule has 1 amide bonds. The van der Waals surface area contributed by atoms with Crippen molar-refractivity contribution in [2.75, 3.05) is 11.8 Å². The molecule has 8 heteroatoms. The number of hydrogen-bond donors (Lipinski definition) is 2. The fourth-order valence-corrected chi connectivity index (χ4v) is 4.24. The summed E-state index contributed by atoms with van der Waals surface area (Å²) in [5.41, 5.74) is 2.37. The number of carbonyl (C=O) groups is 1. The summed E-state index contributed by atoms with van der Waals surface area (Å²) < 4.78 is 33.6. The van der Waals surface area contributed by atoms with Crippen LogP contribution in [0.15, 0.2) is 71.6 Å². The van der Waals surface area contributed by atoms with Crippen molar-refractivity contribution in [3.8, 4) is 5.75 Å². The summed E-state index contributed by atoms with van der Waals surface area (Å²) in [5, 5.41) is 3.29. The summed E-state index contributed by atoms with van der Waals surface area (Å²) in [5.74, 6) is -0.290. The molecule has 0 aliphatic carbocycles. The molecule has 0 bridgehead atoms. The molecule has 0 saturated carbocycles. The Bertz CT molecular complexity index is 1160. The maximum absolute atomic E-state index is 12.9. The predicted octanol–water partition coefficient (Wildman–Crippen LogP) is 4.39. The Morgan fingerprint density at radius 2 is 1.73 bits per heavy atom. The molecule has 0 aliphatic heterocycles. The van der Waals surface area contributed by atoms with Crippen molar-refractivity contribution in [1.29, 1.82) is 0 Å². The van der Waals surface area contributed by atoms with Crippen LogP contribution in [0.3, 0.4) is 0 Å². The normalized spacial score (nSPS) is 11.0. The number of aryl methyl sites for hydroxylation is 1. The van der Waals surface area contributed by atoms with Crippen LogP contribution in [0, 0.1) is 6.92 Å². The Hall–Kier alpha value is -3.03. The standard InChI is InChI=1S/C22H21ClN2O4S/c1-15-7-10-18(11-8-15)25-30(27,28)21-13-16(9-12-20(21)29-2)22(26)24-14-17-5-3-4-6-19(17)23/h3-13,25H,14H2,1-2H3,(H,24,26). The van der Waals surface area contributed by atoms with E-state index in [4.69, 9.17) is 16.3 Å². The molecule has 0 radical (unpaired) electrons. The van der Waals surface area contributed by atoms with Crippen LogP contribution < -0.4 is 14.8 Å². The van der Waals surface area contributed by atoms with Crippen LogP contribution in [0.4, 0.5) is 5.69 Å². The molecular weight excluding hydrogens is 424 g/mol. The van der Waals surface area contributed by atoms with Crippen molar-refractivity contribution in [2.24, 2.45) is 0 Å². The molecule has 156 valence electrons. The van der Waals surface area contributed by atoms with Gasteiger partial charge in [0.15, 0.2) is 0 Å². The van der Waals surface area contributed by atoms with Gasteiger partial charge >= 0.3 is 0 Å². The summed E-state index contributed by atoms with van der Waals surface area (Å²) in [6, 6.07) is 18.3. The lowest BCUT2D eigenvalue weighted by atomic mass is 10.2. The zero-order chi connectivity index (χ0) is 21.7. The van der Waals surface area contributed by atoms with Crippen LogP contribution in [0.2, 0.25) is 5.02 Å². The monoisotopic (exact) mass is 444 g/mol. The third kappa shape index (κ3) is 5.11. The summed E-state index contributed by atoms with van der Waals surface area (Å²) in [6.45, 7) is 2.13. The van der Waals surface area contributed by atoms with E-state index in [1.807, 2.05) is 13.0 Å². The quantitative estimate of drug-likeness (QED) is 0.566. The highest BCUT2D eigenvalue weighted by molar-refractivity contribution is 7.92. The highest BCUT2D eigenvalue weighted by Crippen LogP contribution is 2.27. The molecule has 2 N–H and O–H groups in total. The molecular formula is C22H21ClN2O4S. The van der Waals surface area contributed by atoms with Crippen LogP contribution >= 0.6 is 11.6 Å². The Kier molecular flexibility index (Phi) is 6.64. The third-order valence-electron chi connectivity index (χ3n) is 4.42. The number of nitrogens with one attached hydrogen (secondary N) is 2. The Morgan fingerprint density at radius 3 is 2.40 bits per heavy atom. The minimum Gasteiger partial charge on any atom is -0.495 e. The number of halogens is 1. The third-order valence-corrected chi connectivity index (χ3v) is 6.19. The molecule has 30 heavy (non-hydrogen) atoms. The van der Waals surface area contributed by atoms with Crippen LogP contribution in [0.5, 0.6) is 5.75 Å². The maximum Gasteiger partial charge on any atom is 0.265 e. The summed E-state index contributed by atoms with van der Waals surface area (Å²) >= 11 is 6.11. The van der Waals surface area contributed by atoms with Gasteiger partial charge in [-0.1, -0.05) is 47.5 Å². The predicted molar refractivity (Wildman–Crippen MR) is 118 cm³/mol. The van der Waals surface area contributed by atoms with Crippen molar-refractivity contribution >= 4 is 33.2 Å². The minimum absolute atomic E-state index is 0.129. The van der Waals surface area contributed by atoms with Gasteiger partial charge in [-0.15, -0.1) is 0 Å². The van der Waals surface area contributed by atoms with E-state index in [9.17, 15) is 13.2 Å². The number of benzene rings is 3. The van der Waals surface area contributed by atoms with Crippen molar-refractivity contribution in [2.45, 2.75) is 18.4 Å². The molecule has 0 fully saturated rings. The lowest BCUT2D eigenvalue weighted by Crippen LogP contribution is -2.23. The van der Waals surface area contributed by atoms with E-state index in [1.54, 1.807) is 42.5 Å². The smallest absolute Gasteiger partial charge is 0.265 e. The van der Waals surface area contributed by atoms with E-state index in [0.717, 1.165) is 11.1 Å². The van der Waals surface area contributed by atoms with Gasteiger partial charge in [0.1, 0.15) is 10.6 Å². The van der Waals surface area contributed by atoms with E-state index in [-0.39, 0.29) is 22.8 Å². The molecule has 0 aliphatic rings. The van der Waals surface area contributed by atoms with Crippen molar-refractivity contribution < 1.29 is 17.9 Å². The fraction of sp³-hybridized carbons (Fsp3) is 0.136. The molecule has 0 unspecified atom stereocenters. The molecule has 0 aromatic heterocycles. The van der Waals surface area contributed by atoms with Gasteiger partial charge in [-0.05, 0) is 48.9 Å². The van der Waals surface area contributed by atoms with Crippen LogP contribution in [-0.4, -0.2) is 21.4 Å². The fourth-order valence-electron chi connectivity index (χ4n) is 2.78. The molecule has 0 atom stereocenters. The number of hydrogen-bond acceptors (Lipinski definition) is 4. The second kappa shape index (κ2) is 9.19. The molecule has 3 aromatic rings. The maximum atomic E-state index is 12.9. The first-order chi connectivity index (χ1) is 14.3. The first-order valence-electron chi connectivity index (χ1n) is 9.09. The van der Waals surface area contributed by atoms with Crippen LogP contribution in [-0.2, 0) is 16.6 Å². The largest absolute Gasteiger partial charge is 0.495 e. The molecule has 3 aromatic carbocycles. The lowest BCUT2D eigenvalue weighted by Gasteiger charge is -2.13. The molecule has 0 saturated heterocycles. The average Bonchev–Trinajstić information content (AvgIpc) is 2.74. The first kappa shape index (κ1) is 21.7. The molecule has 6 nitrogen and oxygen atoms in total. The number of sulfonamides is 1. The molecule has 0 heterocycles. The lowest BCUT2D eigenvalue weighted by molar-refractivity contribution is 0.0950. The number of amides is 1. The number of carbonyl (C=O) groups excluding carboxylic acids is 1. The van der Waals surface area contributed by atoms with Gasteiger partial charge in [-0.25, -0.2) is 8.42 Å². The number of ether oxygens (including phenoxy) is 1. The van der Waals surface area contributed by atoms with Crippen LogP contribution in [0.1, 0.15) is 21.5 Å². The highest BCUT2D eigenvalue weighted by Gasteiger charge is 2.22. The van der Waals surface area contributed by atoms with Crippen molar-refractivity contribution in [3.05, 3.63) is 88.4 Å². The number of rotatable bonds is 7. The zero-order valence-electron chi connectivity index (χ0n) is 16.5.